The first-order valence-electron chi connectivity index (χ1n) is 8.08. The molecule has 1 saturated heterocycles. The van der Waals surface area contributed by atoms with E-state index in [1.165, 1.54) is 19.3 Å². The summed E-state index contributed by atoms with van der Waals surface area (Å²) in [7, 11) is 0. The Labute approximate surface area is 127 Å². The minimum atomic E-state index is -0.868. The number of aliphatic carboxylic acids is 1. The molecular formula is C16H28N2O3. The van der Waals surface area contributed by atoms with Crippen LogP contribution in [0.4, 0.5) is 4.79 Å². The Morgan fingerprint density at radius 1 is 1.24 bits per heavy atom. The first-order chi connectivity index (χ1) is 9.79. The number of amides is 2. The fraction of sp³-hybridized carbons (Fsp3) is 0.875. The van der Waals surface area contributed by atoms with Crippen molar-refractivity contribution in [2.45, 2.75) is 71.4 Å². The highest BCUT2D eigenvalue weighted by Crippen LogP contribution is 2.36. The van der Waals surface area contributed by atoms with Crippen molar-refractivity contribution >= 4 is 12.0 Å². The number of carbonyl (C=O) groups excluding carboxylic acids is 1. The molecule has 1 aliphatic heterocycles. The molecule has 0 aromatic heterocycles. The minimum absolute atomic E-state index is 0.0306. The molecule has 1 aliphatic carbocycles. The number of nitrogens with zero attached hydrogens (tertiary/aromatic N) is 1. The fourth-order valence-corrected chi connectivity index (χ4v) is 3.64. The highest BCUT2D eigenvalue weighted by atomic mass is 16.4. The van der Waals surface area contributed by atoms with Crippen molar-refractivity contribution in [1.82, 2.24) is 10.2 Å². The van der Waals surface area contributed by atoms with Gasteiger partial charge in [-0.2, -0.15) is 0 Å². The number of carboxylic acids is 1. The van der Waals surface area contributed by atoms with Crippen molar-refractivity contribution in [2.75, 3.05) is 6.54 Å². The van der Waals surface area contributed by atoms with Crippen LogP contribution < -0.4 is 5.32 Å². The molecule has 0 aromatic carbocycles. The number of hydrogen-bond acceptors (Lipinski definition) is 2. The molecule has 0 bridgehead atoms. The van der Waals surface area contributed by atoms with Crippen LogP contribution in [-0.4, -0.2) is 40.6 Å². The summed E-state index contributed by atoms with van der Waals surface area (Å²) in [5.74, 6) is -0.218. The van der Waals surface area contributed by atoms with Crippen LogP contribution in [0.5, 0.6) is 0 Å². The molecule has 2 aliphatic rings. The van der Waals surface area contributed by atoms with E-state index in [1.807, 2.05) is 25.7 Å². The second-order valence-electron chi connectivity index (χ2n) is 7.56. The van der Waals surface area contributed by atoms with Crippen LogP contribution in [-0.2, 0) is 4.79 Å². The van der Waals surface area contributed by atoms with Crippen molar-refractivity contribution in [3.8, 4) is 0 Å². The molecule has 5 heteroatoms. The van der Waals surface area contributed by atoms with Crippen LogP contribution in [0, 0.1) is 11.3 Å². The molecule has 0 aromatic rings. The van der Waals surface area contributed by atoms with E-state index < -0.39 is 5.97 Å². The average molecular weight is 296 g/mol. The number of likely N-dealkylation sites (tertiary alicyclic amines) is 1. The predicted molar refractivity (Wildman–Crippen MR) is 81.1 cm³/mol. The molecule has 0 radical (unpaired) electrons. The van der Waals surface area contributed by atoms with Crippen LogP contribution in [0.1, 0.15) is 59.3 Å². The molecule has 5 nitrogen and oxygen atoms in total. The van der Waals surface area contributed by atoms with E-state index in [9.17, 15) is 9.59 Å². The van der Waals surface area contributed by atoms with Crippen LogP contribution in [0.15, 0.2) is 0 Å². The number of fused-ring (bicyclic) bond motifs is 1. The Hall–Kier alpha value is -1.26. The SMILES string of the molecule is CC(C)(C)C(CC(=O)O)NC(=O)N1CCC2CCCCC21. The van der Waals surface area contributed by atoms with Gasteiger partial charge in [0.1, 0.15) is 0 Å². The van der Waals surface area contributed by atoms with Crippen LogP contribution in [0.25, 0.3) is 0 Å². The summed E-state index contributed by atoms with van der Waals surface area (Å²) in [5, 5.41) is 12.0. The van der Waals surface area contributed by atoms with Gasteiger partial charge < -0.3 is 15.3 Å². The third-order valence-corrected chi connectivity index (χ3v) is 4.99. The number of hydrogen-bond donors (Lipinski definition) is 2. The zero-order valence-corrected chi connectivity index (χ0v) is 13.4. The van der Waals surface area contributed by atoms with E-state index >= 15 is 0 Å². The van der Waals surface area contributed by atoms with Gasteiger partial charge in [-0.15, -0.1) is 0 Å². The summed E-state index contributed by atoms with van der Waals surface area (Å²) in [6, 6.07) is -0.0556. The molecule has 2 rings (SSSR count). The van der Waals surface area contributed by atoms with Gasteiger partial charge in [0.2, 0.25) is 0 Å². The Bertz CT molecular complexity index is 403. The largest absolute Gasteiger partial charge is 0.481 e. The maximum atomic E-state index is 12.6. The van der Waals surface area contributed by atoms with E-state index in [1.54, 1.807) is 0 Å². The van der Waals surface area contributed by atoms with Crippen molar-refractivity contribution in [1.29, 1.82) is 0 Å². The van der Waals surface area contributed by atoms with Gasteiger partial charge in [-0.05, 0) is 30.6 Å². The summed E-state index contributed by atoms with van der Waals surface area (Å²) in [6.45, 7) is 6.71. The van der Waals surface area contributed by atoms with Gasteiger partial charge in [0.25, 0.3) is 0 Å². The Balaban J connectivity index is 2.00. The second-order valence-corrected chi connectivity index (χ2v) is 7.56. The lowest BCUT2D eigenvalue weighted by Crippen LogP contribution is -2.52. The van der Waals surface area contributed by atoms with E-state index in [0.29, 0.717) is 12.0 Å². The van der Waals surface area contributed by atoms with Crippen LogP contribution in [0.3, 0.4) is 0 Å². The number of carbonyl (C=O) groups is 2. The lowest BCUT2D eigenvalue weighted by molar-refractivity contribution is -0.138. The quantitative estimate of drug-likeness (QED) is 0.841. The maximum absolute atomic E-state index is 12.6. The summed E-state index contributed by atoms with van der Waals surface area (Å²) in [6.07, 6.45) is 5.86. The smallest absolute Gasteiger partial charge is 0.317 e. The molecule has 2 fully saturated rings. The third-order valence-electron chi connectivity index (χ3n) is 4.99. The lowest BCUT2D eigenvalue weighted by atomic mass is 9.84. The van der Waals surface area contributed by atoms with Crippen molar-refractivity contribution in [3.63, 3.8) is 0 Å². The van der Waals surface area contributed by atoms with Gasteiger partial charge in [0.05, 0.1) is 6.42 Å². The lowest BCUT2D eigenvalue weighted by Gasteiger charge is -2.35. The molecule has 3 unspecified atom stereocenters. The molecule has 2 N–H and O–H groups in total. The van der Waals surface area contributed by atoms with Gasteiger partial charge in [0, 0.05) is 18.6 Å². The molecule has 1 heterocycles. The number of urea groups is 1. The number of carboxylic acid groups (broad SMARTS) is 1. The van der Waals surface area contributed by atoms with Gasteiger partial charge in [-0.25, -0.2) is 4.79 Å². The van der Waals surface area contributed by atoms with Crippen molar-refractivity contribution in [2.24, 2.45) is 11.3 Å². The van der Waals surface area contributed by atoms with E-state index in [4.69, 9.17) is 5.11 Å². The highest BCUT2D eigenvalue weighted by Gasteiger charge is 2.39. The minimum Gasteiger partial charge on any atom is -0.481 e. The van der Waals surface area contributed by atoms with Gasteiger partial charge in [-0.3, -0.25) is 4.79 Å². The molecular weight excluding hydrogens is 268 g/mol. The third kappa shape index (κ3) is 3.89. The monoisotopic (exact) mass is 296 g/mol. The van der Waals surface area contributed by atoms with Crippen LogP contribution >= 0.6 is 0 Å². The number of rotatable bonds is 3. The topological polar surface area (TPSA) is 69.6 Å². The van der Waals surface area contributed by atoms with Gasteiger partial charge >= 0.3 is 12.0 Å². The molecule has 21 heavy (non-hydrogen) atoms. The molecule has 1 saturated carbocycles. The summed E-state index contributed by atoms with van der Waals surface area (Å²) in [5.41, 5.74) is -0.264. The molecule has 120 valence electrons. The predicted octanol–water partition coefficient (Wildman–Crippen LogP) is 2.85. The summed E-state index contributed by atoms with van der Waals surface area (Å²) < 4.78 is 0. The summed E-state index contributed by atoms with van der Waals surface area (Å²) in [4.78, 5) is 25.5. The van der Waals surface area contributed by atoms with E-state index in [2.05, 4.69) is 5.32 Å². The van der Waals surface area contributed by atoms with Gasteiger partial charge in [-0.1, -0.05) is 33.6 Å². The van der Waals surface area contributed by atoms with E-state index in [0.717, 1.165) is 19.4 Å². The Kier molecular flexibility index (Phi) is 4.79. The zero-order valence-electron chi connectivity index (χ0n) is 13.4. The summed E-state index contributed by atoms with van der Waals surface area (Å²) >= 11 is 0. The van der Waals surface area contributed by atoms with Crippen LogP contribution in [0.2, 0.25) is 0 Å². The second kappa shape index (κ2) is 6.24. The maximum Gasteiger partial charge on any atom is 0.317 e. The standard InChI is InChI=1S/C16H28N2O3/c1-16(2,3)13(10-14(19)20)17-15(21)18-9-8-11-6-4-5-7-12(11)18/h11-13H,4-10H2,1-3H3,(H,17,21)(H,19,20). The Morgan fingerprint density at radius 3 is 2.52 bits per heavy atom. The molecule has 2 amide bonds. The Morgan fingerprint density at radius 2 is 1.90 bits per heavy atom. The normalized spacial score (nSPS) is 27.1. The fourth-order valence-electron chi connectivity index (χ4n) is 3.64. The molecule has 3 atom stereocenters. The average Bonchev–Trinajstić information content (AvgIpc) is 2.80. The van der Waals surface area contributed by atoms with Crippen molar-refractivity contribution in [3.05, 3.63) is 0 Å². The molecule has 0 spiro atoms. The van der Waals surface area contributed by atoms with E-state index in [-0.39, 0.29) is 23.9 Å². The first-order valence-corrected chi connectivity index (χ1v) is 8.08. The highest BCUT2D eigenvalue weighted by molar-refractivity contribution is 5.76. The van der Waals surface area contributed by atoms with Gasteiger partial charge in [0.15, 0.2) is 0 Å². The van der Waals surface area contributed by atoms with Crippen molar-refractivity contribution < 1.29 is 14.7 Å². The first kappa shape index (κ1) is 16.1. The zero-order chi connectivity index (χ0) is 15.6. The number of nitrogens with one attached hydrogen (secondary N) is 1.